The van der Waals surface area contributed by atoms with E-state index in [4.69, 9.17) is 9.47 Å². The maximum Gasteiger partial charge on any atom is 0.258 e. The molecular formula is C32H37N3O4. The Hall–Kier alpha value is -4.26. The summed E-state index contributed by atoms with van der Waals surface area (Å²) in [5.74, 6) is 0.639. The van der Waals surface area contributed by atoms with Crippen LogP contribution in [0.4, 0.5) is 0 Å². The summed E-state index contributed by atoms with van der Waals surface area (Å²) < 4.78 is 10.7. The Morgan fingerprint density at radius 1 is 0.949 bits per heavy atom. The average molecular weight is 528 g/mol. The number of fused-ring (bicyclic) bond motifs is 1. The van der Waals surface area contributed by atoms with Crippen molar-refractivity contribution in [1.29, 1.82) is 0 Å². The number of aromatic nitrogens is 1. The second kappa shape index (κ2) is 12.5. The predicted octanol–water partition coefficient (Wildman–Crippen LogP) is 5.62. The summed E-state index contributed by atoms with van der Waals surface area (Å²) in [5, 5.41) is 1.16. The Labute approximate surface area is 230 Å². The fraction of sp³-hybridized carbons (Fsp3) is 0.312. The van der Waals surface area contributed by atoms with Crippen LogP contribution in [0.25, 0.3) is 10.9 Å². The van der Waals surface area contributed by atoms with Gasteiger partial charge in [0.05, 0.1) is 19.8 Å². The van der Waals surface area contributed by atoms with Crippen LogP contribution in [0.1, 0.15) is 40.9 Å². The molecule has 2 amide bonds. The summed E-state index contributed by atoms with van der Waals surface area (Å²) in [4.78, 5) is 34.2. The molecule has 0 radical (unpaired) electrons. The third kappa shape index (κ3) is 6.60. The molecule has 0 fully saturated rings. The van der Waals surface area contributed by atoms with E-state index in [1.54, 1.807) is 30.2 Å². The number of carbonyl (C=O) groups is 2. The lowest BCUT2D eigenvalue weighted by molar-refractivity contribution is -0.132. The second-order valence-corrected chi connectivity index (χ2v) is 10.0. The molecule has 0 unspecified atom stereocenters. The molecule has 1 heterocycles. The van der Waals surface area contributed by atoms with Gasteiger partial charge in [0.2, 0.25) is 5.91 Å². The summed E-state index contributed by atoms with van der Waals surface area (Å²) >= 11 is 0. The molecule has 3 aromatic carbocycles. The number of ether oxygens (including phenoxy) is 2. The zero-order valence-electron chi connectivity index (χ0n) is 23.4. The minimum atomic E-state index is -0.259. The fourth-order valence-electron chi connectivity index (χ4n) is 4.66. The molecule has 0 bridgehead atoms. The molecule has 0 saturated carbocycles. The molecule has 0 spiro atoms. The quantitative estimate of drug-likeness (QED) is 0.275. The van der Waals surface area contributed by atoms with Crippen molar-refractivity contribution in [2.75, 3.05) is 27.3 Å². The van der Waals surface area contributed by atoms with Crippen molar-refractivity contribution in [2.24, 2.45) is 0 Å². The first-order valence-corrected chi connectivity index (χ1v) is 13.2. The van der Waals surface area contributed by atoms with Crippen LogP contribution in [0.5, 0.6) is 11.5 Å². The molecule has 0 atom stereocenters. The summed E-state index contributed by atoms with van der Waals surface area (Å²) in [6.07, 6.45) is 2.71. The molecular weight excluding hydrogens is 490 g/mol. The first kappa shape index (κ1) is 27.8. The third-order valence-electron chi connectivity index (χ3n) is 7.00. The Kier molecular flexibility index (Phi) is 8.92. The Bertz CT molecular complexity index is 1430. The smallest absolute Gasteiger partial charge is 0.258 e. The number of nitrogens with zero attached hydrogens (tertiary/aromatic N) is 2. The van der Waals surface area contributed by atoms with E-state index >= 15 is 0 Å². The Morgan fingerprint density at radius 3 is 2.38 bits per heavy atom. The van der Waals surface area contributed by atoms with Crippen molar-refractivity contribution in [1.82, 2.24) is 14.8 Å². The van der Waals surface area contributed by atoms with Gasteiger partial charge in [-0.25, -0.2) is 0 Å². The molecule has 0 aliphatic carbocycles. The average Bonchev–Trinajstić information content (AvgIpc) is 3.37. The molecule has 0 saturated heterocycles. The minimum absolute atomic E-state index is 0.0363. The van der Waals surface area contributed by atoms with Crippen LogP contribution in [-0.2, 0) is 17.8 Å². The zero-order valence-corrected chi connectivity index (χ0v) is 23.4. The Morgan fingerprint density at radius 2 is 1.69 bits per heavy atom. The number of methoxy groups -OCH3 is 2. The number of amides is 2. The molecule has 204 valence electrons. The molecule has 0 aliphatic heterocycles. The molecule has 7 heteroatoms. The number of aryl methyl sites for hydroxylation is 1. The second-order valence-electron chi connectivity index (χ2n) is 10.0. The van der Waals surface area contributed by atoms with Crippen LogP contribution < -0.4 is 9.47 Å². The fourth-order valence-corrected chi connectivity index (χ4v) is 4.66. The van der Waals surface area contributed by atoms with Crippen molar-refractivity contribution >= 4 is 22.7 Å². The lowest BCUT2D eigenvalue weighted by Gasteiger charge is -2.30. The van der Waals surface area contributed by atoms with Crippen molar-refractivity contribution in [3.63, 3.8) is 0 Å². The molecule has 4 aromatic rings. The van der Waals surface area contributed by atoms with Gasteiger partial charge in [0.15, 0.2) is 0 Å². The molecule has 7 nitrogen and oxygen atoms in total. The van der Waals surface area contributed by atoms with E-state index in [0.29, 0.717) is 36.6 Å². The summed E-state index contributed by atoms with van der Waals surface area (Å²) in [7, 11) is 3.08. The van der Waals surface area contributed by atoms with Crippen molar-refractivity contribution in [3.05, 3.63) is 95.2 Å². The lowest BCUT2D eigenvalue weighted by Crippen LogP contribution is -2.46. The predicted molar refractivity (Wildman–Crippen MR) is 154 cm³/mol. The van der Waals surface area contributed by atoms with Gasteiger partial charge in [0.25, 0.3) is 5.91 Å². The van der Waals surface area contributed by atoms with Crippen LogP contribution in [0, 0.1) is 6.92 Å². The van der Waals surface area contributed by atoms with Gasteiger partial charge in [-0.1, -0.05) is 48.0 Å². The minimum Gasteiger partial charge on any atom is -0.497 e. The monoisotopic (exact) mass is 527 g/mol. The number of carbonyl (C=O) groups excluding carboxylic acids is 2. The highest BCUT2D eigenvalue weighted by Gasteiger charge is 2.27. The Balaban J connectivity index is 1.57. The standard InChI is InChI=1S/C32H37N3O4/c1-22(2)35(32(37)28-15-14-26(38-4)18-30(28)39-5)21-31(36)34(20-24-12-10-23(3)11-13-24)17-16-25-19-33-29-9-7-6-8-27(25)29/h6-15,18-19,22,33H,16-17,20-21H2,1-5H3. The van der Waals surface area contributed by atoms with E-state index < -0.39 is 0 Å². The molecule has 39 heavy (non-hydrogen) atoms. The highest BCUT2D eigenvalue weighted by Crippen LogP contribution is 2.26. The van der Waals surface area contributed by atoms with Crippen LogP contribution >= 0.6 is 0 Å². The van der Waals surface area contributed by atoms with Gasteiger partial charge >= 0.3 is 0 Å². The lowest BCUT2D eigenvalue weighted by atomic mass is 10.1. The number of para-hydroxylation sites is 1. The molecule has 4 rings (SSSR count). The topological polar surface area (TPSA) is 74.9 Å². The van der Waals surface area contributed by atoms with Crippen LogP contribution in [0.15, 0.2) is 72.9 Å². The summed E-state index contributed by atoms with van der Waals surface area (Å²) in [5.41, 5.74) is 4.84. The molecule has 1 N–H and O–H groups in total. The van der Waals surface area contributed by atoms with Gasteiger partial charge < -0.3 is 24.3 Å². The van der Waals surface area contributed by atoms with Gasteiger partial charge in [0.1, 0.15) is 18.0 Å². The van der Waals surface area contributed by atoms with Crippen molar-refractivity contribution < 1.29 is 19.1 Å². The number of rotatable bonds is 11. The van der Waals surface area contributed by atoms with Gasteiger partial charge in [-0.3, -0.25) is 9.59 Å². The summed E-state index contributed by atoms with van der Waals surface area (Å²) in [6.45, 7) is 6.83. The number of hydrogen-bond acceptors (Lipinski definition) is 4. The van der Waals surface area contributed by atoms with Gasteiger partial charge in [-0.15, -0.1) is 0 Å². The van der Waals surface area contributed by atoms with E-state index in [9.17, 15) is 9.59 Å². The van der Waals surface area contributed by atoms with E-state index in [-0.39, 0.29) is 24.4 Å². The van der Waals surface area contributed by atoms with Gasteiger partial charge in [0, 0.05) is 42.3 Å². The molecule has 1 aromatic heterocycles. The first-order valence-electron chi connectivity index (χ1n) is 13.2. The number of nitrogens with one attached hydrogen (secondary N) is 1. The third-order valence-corrected chi connectivity index (χ3v) is 7.00. The SMILES string of the molecule is COc1ccc(C(=O)N(CC(=O)N(CCc2c[nH]c3ccccc23)Cc2ccc(C)cc2)C(C)C)c(OC)c1. The van der Waals surface area contributed by atoms with Crippen molar-refractivity contribution in [2.45, 2.75) is 39.8 Å². The maximum absolute atomic E-state index is 13.8. The summed E-state index contributed by atoms with van der Waals surface area (Å²) in [6, 6.07) is 21.3. The van der Waals surface area contributed by atoms with E-state index in [2.05, 4.69) is 35.3 Å². The number of aromatic amines is 1. The van der Waals surface area contributed by atoms with Crippen LogP contribution in [0.2, 0.25) is 0 Å². The number of H-pyrrole nitrogens is 1. The van der Waals surface area contributed by atoms with Crippen molar-refractivity contribution in [3.8, 4) is 11.5 Å². The van der Waals surface area contributed by atoms with E-state index in [1.807, 2.05) is 50.1 Å². The first-order chi connectivity index (χ1) is 18.8. The highest BCUT2D eigenvalue weighted by molar-refractivity contribution is 5.99. The largest absolute Gasteiger partial charge is 0.497 e. The number of benzene rings is 3. The van der Waals surface area contributed by atoms with E-state index in [1.165, 1.54) is 12.7 Å². The highest BCUT2D eigenvalue weighted by atomic mass is 16.5. The van der Waals surface area contributed by atoms with Crippen LogP contribution in [-0.4, -0.2) is 59.9 Å². The molecule has 0 aliphatic rings. The number of hydrogen-bond donors (Lipinski definition) is 1. The van der Waals surface area contributed by atoms with Gasteiger partial charge in [-0.05, 0) is 56.5 Å². The van der Waals surface area contributed by atoms with E-state index in [0.717, 1.165) is 22.0 Å². The van der Waals surface area contributed by atoms with Gasteiger partial charge in [-0.2, -0.15) is 0 Å². The van der Waals surface area contributed by atoms with Crippen LogP contribution in [0.3, 0.4) is 0 Å². The normalized spacial score (nSPS) is 11.0. The maximum atomic E-state index is 13.8. The zero-order chi connectivity index (χ0) is 27.9.